The van der Waals surface area contributed by atoms with Crippen molar-refractivity contribution in [2.45, 2.75) is 45.1 Å². The molecule has 1 aromatic heterocycles. The number of methoxy groups -OCH3 is 1. The molecule has 1 aliphatic heterocycles. The summed E-state index contributed by atoms with van der Waals surface area (Å²) in [5.41, 5.74) is 2.57. The number of nitrogens with two attached hydrogens (primary N) is 1. The van der Waals surface area contributed by atoms with E-state index in [1.54, 1.807) is 7.11 Å². The Morgan fingerprint density at radius 3 is 2.95 bits per heavy atom. The Labute approximate surface area is 114 Å². The smallest absolute Gasteiger partial charge is 0.205 e. The van der Waals surface area contributed by atoms with Gasteiger partial charge >= 0.3 is 0 Å². The van der Waals surface area contributed by atoms with Crippen LogP contribution in [-0.4, -0.2) is 29.7 Å². The molecule has 1 aliphatic rings. The summed E-state index contributed by atoms with van der Waals surface area (Å²) in [6.07, 6.45) is 7.60. The van der Waals surface area contributed by atoms with Crippen molar-refractivity contribution in [2.75, 3.05) is 24.0 Å². The highest BCUT2D eigenvalue weighted by Crippen LogP contribution is 2.35. The van der Waals surface area contributed by atoms with Gasteiger partial charge in [0.25, 0.3) is 0 Å². The summed E-state index contributed by atoms with van der Waals surface area (Å²) in [7, 11) is 1.63. The summed E-state index contributed by atoms with van der Waals surface area (Å²) in [5, 5.41) is 0. The van der Waals surface area contributed by atoms with Crippen LogP contribution in [0.3, 0.4) is 0 Å². The van der Waals surface area contributed by atoms with E-state index in [2.05, 4.69) is 27.2 Å². The van der Waals surface area contributed by atoms with Gasteiger partial charge in [0.2, 0.25) is 5.75 Å². The van der Waals surface area contributed by atoms with E-state index in [1.165, 1.54) is 32.0 Å². The van der Waals surface area contributed by atoms with Crippen LogP contribution in [0.25, 0.3) is 0 Å². The quantitative estimate of drug-likeness (QED) is 0.640. The molecule has 2 heterocycles. The molecule has 106 valence electrons. The number of hydrogen-bond acceptors (Lipinski definition) is 6. The molecule has 0 bridgehead atoms. The summed E-state index contributed by atoms with van der Waals surface area (Å²) in [6.45, 7) is 3.23. The van der Waals surface area contributed by atoms with Gasteiger partial charge in [0.05, 0.1) is 7.11 Å². The van der Waals surface area contributed by atoms with Gasteiger partial charge in [0, 0.05) is 12.6 Å². The lowest BCUT2D eigenvalue weighted by molar-refractivity contribution is 0.409. The Balaban J connectivity index is 2.37. The lowest BCUT2D eigenvalue weighted by atomic mass is 10.1. The third-order valence-corrected chi connectivity index (χ3v) is 3.75. The fourth-order valence-electron chi connectivity index (χ4n) is 2.74. The second-order valence-corrected chi connectivity index (χ2v) is 4.83. The molecule has 1 fully saturated rings. The van der Waals surface area contributed by atoms with Gasteiger partial charge in [0.15, 0.2) is 11.6 Å². The maximum Gasteiger partial charge on any atom is 0.205 e. The van der Waals surface area contributed by atoms with Gasteiger partial charge in [-0.15, -0.1) is 0 Å². The predicted octanol–water partition coefficient (Wildman–Crippen LogP) is 1.93. The number of ether oxygens (including phenoxy) is 1. The van der Waals surface area contributed by atoms with Crippen molar-refractivity contribution < 1.29 is 4.74 Å². The molecular weight excluding hydrogens is 242 g/mol. The Hall–Kier alpha value is -1.56. The predicted molar refractivity (Wildman–Crippen MR) is 76.3 cm³/mol. The summed E-state index contributed by atoms with van der Waals surface area (Å²) >= 11 is 0. The average molecular weight is 265 g/mol. The zero-order valence-electron chi connectivity index (χ0n) is 11.7. The number of nitrogen functional groups attached to an aromatic ring is 1. The first kappa shape index (κ1) is 13.9. The van der Waals surface area contributed by atoms with E-state index < -0.39 is 0 Å². The topological polar surface area (TPSA) is 76.3 Å². The van der Waals surface area contributed by atoms with Crippen molar-refractivity contribution in [2.24, 2.45) is 5.84 Å². The summed E-state index contributed by atoms with van der Waals surface area (Å²) < 4.78 is 5.45. The largest absolute Gasteiger partial charge is 0.490 e. The minimum Gasteiger partial charge on any atom is -0.490 e. The molecule has 1 aromatic rings. The van der Waals surface area contributed by atoms with Crippen molar-refractivity contribution in [1.29, 1.82) is 0 Å². The van der Waals surface area contributed by atoms with Crippen LogP contribution in [0.5, 0.6) is 5.75 Å². The van der Waals surface area contributed by atoms with Gasteiger partial charge in [-0.25, -0.2) is 15.8 Å². The highest BCUT2D eigenvalue weighted by atomic mass is 16.5. The van der Waals surface area contributed by atoms with Gasteiger partial charge in [-0.1, -0.05) is 19.8 Å². The van der Waals surface area contributed by atoms with E-state index in [9.17, 15) is 0 Å². The van der Waals surface area contributed by atoms with Crippen molar-refractivity contribution in [3.8, 4) is 5.75 Å². The molecule has 0 spiro atoms. The van der Waals surface area contributed by atoms with Crippen molar-refractivity contribution >= 4 is 11.6 Å². The second kappa shape index (κ2) is 6.56. The Morgan fingerprint density at radius 1 is 1.42 bits per heavy atom. The van der Waals surface area contributed by atoms with Crippen molar-refractivity contribution in [3.63, 3.8) is 0 Å². The molecule has 6 heteroatoms. The summed E-state index contributed by atoms with van der Waals surface area (Å²) in [6, 6.07) is 0.511. The highest BCUT2D eigenvalue weighted by Gasteiger charge is 2.25. The van der Waals surface area contributed by atoms with Crippen LogP contribution < -0.4 is 20.9 Å². The van der Waals surface area contributed by atoms with E-state index in [1.807, 2.05) is 0 Å². The SMILES string of the molecule is CCC1CCCCCN1c1ncnc(NN)c1OC. The van der Waals surface area contributed by atoms with Gasteiger partial charge < -0.3 is 15.1 Å². The molecular formula is C13H23N5O. The fourth-order valence-corrected chi connectivity index (χ4v) is 2.74. The molecule has 1 atom stereocenters. The molecule has 3 N–H and O–H groups in total. The molecule has 1 unspecified atom stereocenters. The first-order valence-electron chi connectivity index (χ1n) is 6.94. The summed E-state index contributed by atoms with van der Waals surface area (Å²) in [4.78, 5) is 10.9. The molecule has 1 saturated heterocycles. The number of hydrogen-bond donors (Lipinski definition) is 2. The minimum absolute atomic E-state index is 0.511. The van der Waals surface area contributed by atoms with Crippen molar-refractivity contribution in [1.82, 2.24) is 9.97 Å². The first-order valence-corrected chi connectivity index (χ1v) is 6.94. The number of hydrazine groups is 1. The number of nitrogens with zero attached hydrogens (tertiary/aromatic N) is 3. The van der Waals surface area contributed by atoms with Crippen LogP contribution in [0.1, 0.15) is 39.0 Å². The monoisotopic (exact) mass is 265 g/mol. The van der Waals surface area contributed by atoms with Gasteiger partial charge in [-0.05, 0) is 19.3 Å². The first-order chi connectivity index (χ1) is 9.31. The zero-order chi connectivity index (χ0) is 13.7. The van der Waals surface area contributed by atoms with Gasteiger partial charge in [-0.3, -0.25) is 0 Å². The maximum atomic E-state index is 5.48. The highest BCUT2D eigenvalue weighted by molar-refractivity contribution is 5.64. The number of nitrogens with one attached hydrogen (secondary N) is 1. The fraction of sp³-hybridized carbons (Fsp3) is 0.692. The number of anilines is 2. The maximum absolute atomic E-state index is 5.48. The van der Waals surface area contributed by atoms with Gasteiger partial charge in [-0.2, -0.15) is 0 Å². The summed E-state index contributed by atoms with van der Waals surface area (Å²) in [5.74, 6) is 7.49. The van der Waals surface area contributed by atoms with Crippen LogP contribution in [0.2, 0.25) is 0 Å². The normalized spacial score (nSPS) is 19.9. The average Bonchev–Trinajstić information content (AvgIpc) is 2.71. The molecule has 0 amide bonds. The van der Waals surface area contributed by atoms with E-state index in [0.29, 0.717) is 17.6 Å². The van der Waals surface area contributed by atoms with Crippen molar-refractivity contribution in [3.05, 3.63) is 6.33 Å². The standard InChI is InChI=1S/C13H23N5O/c1-3-10-7-5-4-6-8-18(10)13-11(19-2)12(17-14)15-9-16-13/h9-10H,3-8,14H2,1-2H3,(H,15,16,17). The van der Waals surface area contributed by atoms with E-state index in [4.69, 9.17) is 10.6 Å². The van der Waals surface area contributed by atoms with E-state index >= 15 is 0 Å². The number of aromatic nitrogens is 2. The van der Waals surface area contributed by atoms with Crippen LogP contribution in [0.4, 0.5) is 11.6 Å². The molecule has 6 nitrogen and oxygen atoms in total. The molecule has 0 radical (unpaired) electrons. The van der Waals surface area contributed by atoms with E-state index in [0.717, 1.165) is 18.8 Å². The molecule has 0 saturated carbocycles. The lowest BCUT2D eigenvalue weighted by Gasteiger charge is -2.31. The van der Waals surface area contributed by atoms with Crippen LogP contribution in [0.15, 0.2) is 6.33 Å². The Kier molecular flexibility index (Phi) is 4.79. The second-order valence-electron chi connectivity index (χ2n) is 4.83. The van der Waals surface area contributed by atoms with Crippen LogP contribution in [-0.2, 0) is 0 Å². The van der Waals surface area contributed by atoms with Gasteiger partial charge in [0.1, 0.15) is 6.33 Å². The van der Waals surface area contributed by atoms with E-state index in [-0.39, 0.29) is 0 Å². The third-order valence-electron chi connectivity index (χ3n) is 3.75. The minimum atomic E-state index is 0.511. The van der Waals surface area contributed by atoms with Crippen LogP contribution >= 0.6 is 0 Å². The molecule has 0 aliphatic carbocycles. The molecule has 19 heavy (non-hydrogen) atoms. The van der Waals surface area contributed by atoms with Crippen LogP contribution in [0, 0.1) is 0 Å². The zero-order valence-corrected chi connectivity index (χ0v) is 11.7. The lowest BCUT2D eigenvalue weighted by Crippen LogP contribution is -2.35. The third kappa shape index (κ3) is 2.89. The Bertz CT molecular complexity index is 412. The Morgan fingerprint density at radius 2 is 2.26 bits per heavy atom. The molecule has 0 aromatic carbocycles. The number of rotatable bonds is 4. The molecule has 2 rings (SSSR count).